The van der Waals surface area contributed by atoms with Gasteiger partial charge in [0.05, 0.1) is 63.9 Å². The highest BCUT2D eigenvalue weighted by Gasteiger charge is 2.36. The lowest BCUT2D eigenvalue weighted by Crippen LogP contribution is -2.43. The van der Waals surface area contributed by atoms with Crippen molar-refractivity contribution >= 4 is 53.8 Å². The van der Waals surface area contributed by atoms with Crippen LogP contribution in [-0.2, 0) is 37.1 Å². The molecule has 6 aromatic rings. The minimum Gasteiger partial charge on any atom is -0.476 e. The van der Waals surface area contributed by atoms with Crippen LogP contribution in [0, 0.1) is 0 Å². The number of carboxylic acids is 1. The highest BCUT2D eigenvalue weighted by Crippen LogP contribution is 2.37. The Bertz CT molecular complexity index is 3180. The number of carbonyl (C=O) groups excluding carboxylic acids is 1. The zero-order chi connectivity index (χ0) is 44.2. The number of aromatic amines is 2. The first-order chi connectivity index (χ1) is 27.1. The molecular formula is C29H22F6N10O12S2. The predicted octanol–water partition coefficient (Wildman–Crippen LogP) is 0.280. The number of alkyl halides is 6. The van der Waals surface area contributed by atoms with Crippen LogP contribution in [0.25, 0.3) is 33.2 Å². The number of nitrogens with zero attached hydrogens (tertiary/aromatic N) is 6. The summed E-state index contributed by atoms with van der Waals surface area (Å²) in [7, 11) is -7.04. The average Bonchev–Trinajstić information content (AvgIpc) is 3.81. The molecule has 314 valence electrons. The Hall–Kier alpha value is -7.24. The molecular weight excluding hydrogens is 858 g/mol. The van der Waals surface area contributed by atoms with E-state index in [1.165, 1.54) is 0 Å². The number of fused-ring (bicyclic) bond motifs is 2. The number of halogens is 6. The van der Waals surface area contributed by atoms with E-state index in [0.717, 1.165) is 53.4 Å². The molecule has 4 aromatic heterocycles. The van der Waals surface area contributed by atoms with Gasteiger partial charge >= 0.3 is 35.7 Å². The van der Waals surface area contributed by atoms with Crippen molar-refractivity contribution in [3.8, 4) is 11.4 Å². The molecule has 0 aliphatic rings. The van der Waals surface area contributed by atoms with Crippen molar-refractivity contribution < 1.29 is 62.6 Å². The van der Waals surface area contributed by atoms with Gasteiger partial charge in [-0.25, -0.2) is 55.6 Å². The van der Waals surface area contributed by atoms with Gasteiger partial charge in [-0.15, -0.1) is 0 Å². The normalized spacial score (nSPS) is 12.2. The zero-order valence-electron chi connectivity index (χ0n) is 29.3. The first-order valence-corrected chi connectivity index (χ1v) is 19.0. The number of carboxylic acid groups (broad SMARTS) is 1. The number of sulfonamides is 2. The van der Waals surface area contributed by atoms with Crippen LogP contribution in [0.4, 0.5) is 26.3 Å². The van der Waals surface area contributed by atoms with Crippen molar-refractivity contribution in [3.63, 3.8) is 0 Å². The molecule has 0 saturated heterocycles. The number of aromatic nitrogens is 8. The van der Waals surface area contributed by atoms with Gasteiger partial charge in [0.25, 0.3) is 11.1 Å². The van der Waals surface area contributed by atoms with Crippen LogP contribution < -0.4 is 32.2 Å². The number of nitrogens with one attached hydrogen (secondary N) is 4. The summed E-state index contributed by atoms with van der Waals surface area (Å²) in [5.74, 6) is -2.38. The zero-order valence-corrected chi connectivity index (χ0v) is 31.0. The van der Waals surface area contributed by atoms with Crippen molar-refractivity contribution in [1.29, 1.82) is 0 Å². The third kappa shape index (κ3) is 9.16. The summed E-state index contributed by atoms with van der Waals surface area (Å²) in [6, 6.07) is 2.54. The molecule has 0 radical (unpaired) electrons. The van der Waals surface area contributed by atoms with Gasteiger partial charge in [-0.1, -0.05) is 0 Å². The Morgan fingerprint density at radius 1 is 0.695 bits per heavy atom. The molecule has 0 unspecified atom stereocenters. The molecule has 5 N–H and O–H groups in total. The van der Waals surface area contributed by atoms with E-state index in [-0.39, 0.29) is 15.0 Å². The fourth-order valence-corrected chi connectivity index (χ4v) is 6.11. The topological polar surface area (TPSA) is 301 Å². The van der Waals surface area contributed by atoms with Gasteiger partial charge < -0.3 is 28.9 Å². The van der Waals surface area contributed by atoms with Crippen molar-refractivity contribution in [2.24, 2.45) is 0 Å². The van der Waals surface area contributed by atoms with Gasteiger partial charge in [0.15, 0.2) is 11.4 Å². The molecule has 2 aromatic carbocycles. The first kappa shape index (κ1) is 42.9. The van der Waals surface area contributed by atoms with E-state index in [9.17, 15) is 71.9 Å². The molecule has 0 aliphatic heterocycles. The number of methoxy groups -OCH3 is 1. The van der Waals surface area contributed by atoms with E-state index in [1.54, 1.807) is 9.66 Å². The maximum absolute atomic E-state index is 13.6. The van der Waals surface area contributed by atoms with Crippen LogP contribution in [0.15, 0.2) is 68.5 Å². The second-order valence-electron chi connectivity index (χ2n) is 11.8. The molecule has 59 heavy (non-hydrogen) atoms. The van der Waals surface area contributed by atoms with Crippen molar-refractivity contribution in [1.82, 2.24) is 38.4 Å². The minimum absolute atomic E-state index is 0.0886. The van der Waals surface area contributed by atoms with E-state index < -0.39 is 117 Å². The van der Waals surface area contributed by atoms with Crippen molar-refractivity contribution in [2.75, 3.05) is 29.3 Å². The van der Waals surface area contributed by atoms with Gasteiger partial charge in [0, 0.05) is 12.4 Å². The van der Waals surface area contributed by atoms with E-state index in [0.29, 0.717) is 24.6 Å². The molecule has 0 amide bonds. The van der Waals surface area contributed by atoms with Gasteiger partial charge in [-0.05, 0) is 24.3 Å². The summed E-state index contributed by atoms with van der Waals surface area (Å²) in [5.41, 5.74) is -10.6. The minimum atomic E-state index is -4.94. The quantitative estimate of drug-likeness (QED) is 0.101. The summed E-state index contributed by atoms with van der Waals surface area (Å²) in [6.45, 7) is 0. The molecule has 0 atom stereocenters. The second kappa shape index (κ2) is 14.9. The Morgan fingerprint density at radius 3 is 1.39 bits per heavy atom. The number of hydrogen-bond acceptors (Lipinski definition) is 13. The van der Waals surface area contributed by atoms with Crippen molar-refractivity contribution in [2.45, 2.75) is 12.4 Å². The summed E-state index contributed by atoms with van der Waals surface area (Å²) in [6.07, 6.45) is -5.02. The largest absolute Gasteiger partial charge is 0.476 e. The Kier molecular flexibility index (Phi) is 10.9. The van der Waals surface area contributed by atoms with E-state index in [4.69, 9.17) is 5.11 Å². The summed E-state index contributed by atoms with van der Waals surface area (Å²) in [4.78, 5) is 86.0. The lowest BCUT2D eigenvalue weighted by molar-refractivity contribution is -0.138. The molecule has 22 nitrogen and oxygen atoms in total. The number of carbonyl (C=O) groups is 2. The molecule has 0 bridgehead atoms. The maximum atomic E-state index is 13.6. The third-order valence-corrected chi connectivity index (χ3v) is 8.52. The number of benzene rings is 2. The van der Waals surface area contributed by atoms with Crippen LogP contribution in [0.2, 0.25) is 0 Å². The number of H-pyrrole nitrogens is 2. The summed E-state index contributed by atoms with van der Waals surface area (Å²) >= 11 is 0. The highest BCUT2D eigenvalue weighted by atomic mass is 32.2. The lowest BCUT2D eigenvalue weighted by atomic mass is 10.1. The number of hydrogen-bond donors (Lipinski definition) is 5. The van der Waals surface area contributed by atoms with Crippen LogP contribution in [-0.4, -0.2) is 91.9 Å². The van der Waals surface area contributed by atoms with Crippen LogP contribution in [0.1, 0.15) is 32.1 Å². The van der Waals surface area contributed by atoms with E-state index in [1.807, 2.05) is 9.97 Å². The smallest absolute Gasteiger partial charge is 0.418 e. The van der Waals surface area contributed by atoms with E-state index in [2.05, 4.69) is 14.7 Å². The van der Waals surface area contributed by atoms with Crippen LogP contribution in [0.3, 0.4) is 0 Å². The molecule has 0 fully saturated rings. The summed E-state index contributed by atoms with van der Waals surface area (Å²) < 4.78 is 133. The van der Waals surface area contributed by atoms with E-state index >= 15 is 0 Å². The second-order valence-corrected chi connectivity index (χ2v) is 15.3. The highest BCUT2D eigenvalue weighted by molar-refractivity contribution is 7.91. The molecule has 0 saturated carbocycles. The Morgan fingerprint density at radius 2 is 1.07 bits per heavy atom. The number of ether oxygens (including phenoxy) is 1. The average molecular weight is 881 g/mol. The Labute approximate surface area is 321 Å². The van der Waals surface area contributed by atoms with Gasteiger partial charge in [0.2, 0.25) is 20.0 Å². The maximum Gasteiger partial charge on any atom is 0.418 e. The third-order valence-electron chi connectivity index (χ3n) is 7.49. The molecule has 0 aliphatic carbocycles. The van der Waals surface area contributed by atoms with Gasteiger partial charge in [-0.2, -0.15) is 35.7 Å². The SMILES string of the molecule is COC(=O)c1cn(-c2cc3c(=O)n(NS(C)(=O)=O)c(=O)[nH]c3cc2C(F)(F)F)cn1.CS(=O)(=O)Nn1c(=O)[nH]c2cc(C(F)(F)F)c(-n3cnc(C(=O)O)c3)cc2c1=O. The predicted molar refractivity (Wildman–Crippen MR) is 189 cm³/mol. The standard InChI is InChI=1S/C15H12F3N5O6S.C14H10F3N5O6S/c1-29-13(25)10-5-22(6-19-10)11-3-7-9(4-8(11)15(16,17)18)20-14(26)23(12(7)24)21-30(2,27)28;1-29(27,28)20-22-11(23)6-2-10(21-4-9(12(24)25)18-5-21)7(14(15,16)17)3-8(6)19-13(22)26/h3-6,21H,1-2H3,(H,20,26);2-5,20H,1H3,(H,19,26)(H,24,25). The fraction of sp³-hybridized carbons (Fsp3) is 0.172. The molecule has 0 spiro atoms. The fourth-order valence-electron chi connectivity index (χ4n) is 5.11. The summed E-state index contributed by atoms with van der Waals surface area (Å²) in [5, 5.41) is 8.02. The van der Waals surface area contributed by atoms with Crippen LogP contribution in [0.5, 0.6) is 0 Å². The number of imidazole rings is 2. The number of esters is 1. The lowest BCUT2D eigenvalue weighted by Gasteiger charge is -2.15. The number of aromatic carboxylic acids is 1. The monoisotopic (exact) mass is 880 g/mol. The Balaban J connectivity index is 0.000000224. The number of rotatable bonds is 8. The van der Waals surface area contributed by atoms with Gasteiger partial charge in [-0.3, -0.25) is 9.59 Å². The molecule has 30 heteroatoms. The molecule has 6 rings (SSSR count). The first-order valence-electron chi connectivity index (χ1n) is 15.3. The van der Waals surface area contributed by atoms with Crippen molar-refractivity contribution in [3.05, 3.63) is 114 Å². The van der Waals surface area contributed by atoms with Gasteiger partial charge in [0.1, 0.15) is 12.7 Å². The van der Waals surface area contributed by atoms with Crippen LogP contribution >= 0.6 is 0 Å². The molecule has 4 heterocycles.